The van der Waals surface area contributed by atoms with Crippen molar-refractivity contribution in [2.24, 2.45) is 5.73 Å². The maximum atomic E-state index is 12.0. The summed E-state index contributed by atoms with van der Waals surface area (Å²) >= 11 is 0. The Hall–Kier alpha value is -2.72. The molecule has 3 rings (SSSR count). The summed E-state index contributed by atoms with van der Waals surface area (Å²) < 4.78 is 30.0. The van der Waals surface area contributed by atoms with Gasteiger partial charge in [-0.25, -0.2) is 22.5 Å². The molecule has 0 spiro atoms. The molecule has 0 atom stereocenters. The number of carboxylic acid groups (broad SMARTS) is 1. The second-order valence-corrected chi connectivity index (χ2v) is 8.29. The number of aromatic nitrogens is 2. The highest BCUT2D eigenvalue weighted by atomic mass is 32.2. The predicted octanol–water partition coefficient (Wildman–Crippen LogP) is 2.04. The number of hydrogen-bond acceptors (Lipinski definition) is 7. The lowest BCUT2D eigenvalue weighted by Crippen LogP contribution is -2.32. The molecule has 0 radical (unpaired) electrons. The lowest BCUT2D eigenvalue weighted by atomic mass is 10.2. The summed E-state index contributed by atoms with van der Waals surface area (Å²) in [6.45, 7) is 0.284. The zero-order valence-electron chi connectivity index (χ0n) is 14.7. The molecule has 1 saturated carbocycles. The van der Waals surface area contributed by atoms with Gasteiger partial charge in [0, 0.05) is 25.6 Å². The summed E-state index contributed by atoms with van der Waals surface area (Å²) in [6, 6.07) is 8.01. The largest absolute Gasteiger partial charge is 0.464 e. The van der Waals surface area contributed by atoms with Gasteiger partial charge in [0.1, 0.15) is 11.6 Å². The minimum atomic E-state index is -3.94. The van der Waals surface area contributed by atoms with E-state index in [1.165, 1.54) is 0 Å². The molecule has 1 heterocycles. The Morgan fingerprint density at radius 3 is 2.52 bits per heavy atom. The molecule has 9 nitrogen and oxygen atoms in total. The van der Waals surface area contributed by atoms with Gasteiger partial charge in [0.2, 0.25) is 15.9 Å². The van der Waals surface area contributed by atoms with Crippen LogP contribution in [0.15, 0.2) is 30.3 Å². The normalized spacial score (nSPS) is 14.0. The van der Waals surface area contributed by atoms with Crippen LogP contribution in [0.1, 0.15) is 35.8 Å². The maximum absolute atomic E-state index is 12.0. The highest BCUT2D eigenvalue weighted by molar-refractivity contribution is 7.88. The van der Waals surface area contributed by atoms with Crippen LogP contribution < -0.4 is 10.5 Å². The molecule has 144 valence electrons. The van der Waals surface area contributed by atoms with Crippen LogP contribution in [0.5, 0.6) is 11.6 Å². The molecule has 0 bridgehead atoms. The summed E-state index contributed by atoms with van der Waals surface area (Å²) in [7, 11) is -2.95. The zero-order valence-corrected chi connectivity index (χ0v) is 15.5. The van der Waals surface area contributed by atoms with Gasteiger partial charge in [0.15, 0.2) is 0 Å². The van der Waals surface area contributed by atoms with Crippen LogP contribution in [0.3, 0.4) is 0 Å². The molecule has 0 aliphatic heterocycles. The van der Waals surface area contributed by atoms with E-state index in [0.29, 0.717) is 33.1 Å². The fourth-order valence-corrected chi connectivity index (χ4v) is 3.42. The van der Waals surface area contributed by atoms with Crippen molar-refractivity contribution in [2.45, 2.75) is 31.1 Å². The molecule has 10 heteroatoms. The monoisotopic (exact) mass is 392 g/mol. The van der Waals surface area contributed by atoms with E-state index in [0.717, 1.165) is 25.7 Å². The average molecular weight is 392 g/mol. The molecule has 1 fully saturated rings. The fraction of sp³-hybridized carbons (Fsp3) is 0.353. The van der Waals surface area contributed by atoms with Crippen LogP contribution in [0.2, 0.25) is 0 Å². The molecule has 1 aromatic carbocycles. The van der Waals surface area contributed by atoms with Crippen LogP contribution in [0.25, 0.3) is 0 Å². The number of rotatable bonds is 7. The molecule has 0 saturated heterocycles. The van der Waals surface area contributed by atoms with E-state index in [1.54, 1.807) is 30.3 Å². The summed E-state index contributed by atoms with van der Waals surface area (Å²) in [5.41, 5.74) is 6.82. The van der Waals surface area contributed by atoms with E-state index in [-0.39, 0.29) is 6.54 Å². The van der Waals surface area contributed by atoms with Gasteiger partial charge >= 0.3 is 6.09 Å². The Morgan fingerprint density at radius 1 is 1.30 bits per heavy atom. The number of sulfonamides is 1. The molecule has 1 aliphatic carbocycles. The van der Waals surface area contributed by atoms with Crippen molar-refractivity contribution in [3.05, 3.63) is 47.4 Å². The van der Waals surface area contributed by atoms with E-state index < -0.39 is 21.9 Å². The Bertz CT molecular complexity index is 942. The van der Waals surface area contributed by atoms with Crippen molar-refractivity contribution >= 4 is 16.1 Å². The molecule has 2 aromatic rings. The Balaban J connectivity index is 1.73. The van der Waals surface area contributed by atoms with Gasteiger partial charge in [-0.1, -0.05) is 12.1 Å². The Morgan fingerprint density at radius 2 is 1.96 bits per heavy atom. The summed E-state index contributed by atoms with van der Waals surface area (Å²) in [5.74, 6) is 1.53. The second kappa shape index (κ2) is 7.49. The van der Waals surface area contributed by atoms with E-state index in [4.69, 9.17) is 15.6 Å². The highest BCUT2D eigenvalue weighted by Gasteiger charge is 2.27. The number of ether oxygens (including phenoxy) is 1. The van der Waals surface area contributed by atoms with Crippen molar-refractivity contribution < 1.29 is 23.1 Å². The van der Waals surface area contributed by atoms with E-state index in [2.05, 4.69) is 9.97 Å². The molecule has 1 amide bonds. The first kappa shape index (κ1) is 19.1. The molecule has 27 heavy (non-hydrogen) atoms. The summed E-state index contributed by atoms with van der Waals surface area (Å²) in [6.07, 6.45) is 0.587. The molecule has 0 unspecified atom stereocenters. The Kier molecular flexibility index (Phi) is 5.29. The van der Waals surface area contributed by atoms with Gasteiger partial charge in [-0.2, -0.15) is 4.98 Å². The third-order valence-corrected chi connectivity index (χ3v) is 5.79. The van der Waals surface area contributed by atoms with Crippen molar-refractivity contribution in [1.29, 1.82) is 0 Å². The summed E-state index contributed by atoms with van der Waals surface area (Å²) in [5, 5.41) is 8.82. The lowest BCUT2D eigenvalue weighted by Gasteiger charge is -2.14. The van der Waals surface area contributed by atoms with Gasteiger partial charge in [0.05, 0.1) is 11.4 Å². The molecular weight excluding hydrogens is 372 g/mol. The average Bonchev–Trinajstić information content (AvgIpc) is 3.47. The maximum Gasteiger partial charge on any atom is 0.420 e. The molecular formula is C17H20N4O5S. The van der Waals surface area contributed by atoms with Crippen molar-refractivity contribution in [1.82, 2.24) is 14.3 Å². The quantitative estimate of drug-likeness (QED) is 0.730. The molecule has 1 aromatic heterocycles. The van der Waals surface area contributed by atoms with Crippen molar-refractivity contribution in [2.75, 3.05) is 7.05 Å². The van der Waals surface area contributed by atoms with E-state index in [9.17, 15) is 13.2 Å². The van der Waals surface area contributed by atoms with E-state index >= 15 is 0 Å². The topological polar surface area (TPSA) is 136 Å². The van der Waals surface area contributed by atoms with Crippen LogP contribution in [-0.4, -0.2) is 40.9 Å². The van der Waals surface area contributed by atoms with Crippen LogP contribution in [0.4, 0.5) is 4.79 Å². The number of benzene rings is 1. The Labute approximate surface area is 156 Å². The van der Waals surface area contributed by atoms with Crippen molar-refractivity contribution in [3.8, 4) is 11.6 Å². The fourth-order valence-electron chi connectivity index (χ4n) is 2.37. The van der Waals surface area contributed by atoms with Crippen LogP contribution in [-0.2, 0) is 22.3 Å². The minimum Gasteiger partial charge on any atom is -0.464 e. The highest BCUT2D eigenvalue weighted by Crippen LogP contribution is 2.39. The SMILES string of the molecule is CN(C(=O)O)S(=O)(=O)Cc1ccc(Oc2cc(CN)nc(C3CC3)n2)cc1. The number of nitrogens with zero attached hydrogens (tertiary/aromatic N) is 3. The molecule has 1 aliphatic rings. The lowest BCUT2D eigenvalue weighted by molar-refractivity contribution is 0.178. The second-order valence-electron chi connectivity index (χ2n) is 6.29. The van der Waals surface area contributed by atoms with Crippen LogP contribution >= 0.6 is 0 Å². The van der Waals surface area contributed by atoms with Crippen molar-refractivity contribution in [3.63, 3.8) is 0 Å². The zero-order chi connectivity index (χ0) is 19.6. The minimum absolute atomic E-state index is 0.284. The first-order chi connectivity index (χ1) is 12.8. The third kappa shape index (κ3) is 4.72. The third-order valence-electron chi connectivity index (χ3n) is 4.11. The first-order valence-electron chi connectivity index (χ1n) is 8.33. The predicted molar refractivity (Wildman–Crippen MR) is 96.8 cm³/mol. The van der Waals surface area contributed by atoms with Crippen LogP contribution in [0, 0.1) is 0 Å². The number of hydrogen-bond donors (Lipinski definition) is 2. The smallest absolute Gasteiger partial charge is 0.420 e. The van der Waals surface area contributed by atoms with Gasteiger partial charge < -0.3 is 15.6 Å². The summed E-state index contributed by atoms with van der Waals surface area (Å²) in [4.78, 5) is 19.6. The van der Waals surface area contributed by atoms with Gasteiger partial charge in [0.25, 0.3) is 0 Å². The molecule has 3 N–H and O–H groups in total. The number of amides is 1. The number of carbonyl (C=O) groups is 1. The van der Waals surface area contributed by atoms with Gasteiger partial charge in [-0.3, -0.25) is 0 Å². The standard InChI is InChI=1S/C17H20N4O5S/c1-21(17(22)23)27(24,25)10-11-2-6-14(7-3-11)26-15-8-13(9-18)19-16(20-15)12-4-5-12/h2-3,6-8,12H,4-5,9-10,18H2,1H3,(H,22,23). The van der Waals surface area contributed by atoms with Gasteiger partial charge in [-0.05, 0) is 30.5 Å². The number of nitrogens with two attached hydrogens (primary N) is 1. The van der Waals surface area contributed by atoms with Gasteiger partial charge in [-0.15, -0.1) is 0 Å². The van der Waals surface area contributed by atoms with E-state index in [1.807, 2.05) is 0 Å². The first-order valence-corrected chi connectivity index (χ1v) is 9.93.